The van der Waals surface area contributed by atoms with E-state index in [-0.39, 0.29) is 30.3 Å². The normalized spacial score (nSPS) is 40.1. The molecule has 82 valence electrons. The van der Waals surface area contributed by atoms with E-state index in [0.717, 1.165) is 12.8 Å². The quantitative estimate of drug-likeness (QED) is 0.678. The first-order valence-electron chi connectivity index (χ1n) is 5.07. The number of hydrogen-bond acceptors (Lipinski definition) is 3. The van der Waals surface area contributed by atoms with E-state index in [1.165, 1.54) is 20.0 Å². The van der Waals surface area contributed by atoms with Gasteiger partial charge in [-0.15, -0.1) is 12.4 Å². The summed E-state index contributed by atoms with van der Waals surface area (Å²) in [5, 5.41) is 0. The van der Waals surface area contributed by atoms with Crippen molar-refractivity contribution in [1.29, 1.82) is 0 Å². The minimum absolute atomic E-state index is 0. The standard InChI is InChI=1S/C10H17NO2.ClH/c1-13-10(12)8-6-2-4-7(5-3-6)9(8)11;/h6-9H,2-5,11H2,1H3;1H/t6?,7?,8-,9-;/m0./s1. The Hall–Kier alpha value is -0.280. The third-order valence-electron chi connectivity index (χ3n) is 3.76. The van der Waals surface area contributed by atoms with E-state index < -0.39 is 0 Å². The van der Waals surface area contributed by atoms with Gasteiger partial charge in [0, 0.05) is 6.04 Å². The molecule has 4 heteroatoms. The van der Waals surface area contributed by atoms with Gasteiger partial charge >= 0.3 is 5.97 Å². The first-order chi connectivity index (χ1) is 6.24. The molecule has 2 atom stereocenters. The second kappa shape index (κ2) is 4.49. The summed E-state index contributed by atoms with van der Waals surface area (Å²) in [5.74, 6) is 0.945. The molecule has 0 aromatic rings. The van der Waals surface area contributed by atoms with Crippen LogP contribution < -0.4 is 5.73 Å². The molecule has 3 aliphatic rings. The molecule has 0 unspecified atom stereocenters. The summed E-state index contributed by atoms with van der Waals surface area (Å²) in [6.07, 6.45) is 4.74. The van der Waals surface area contributed by atoms with Crippen molar-refractivity contribution in [3.63, 3.8) is 0 Å². The number of esters is 1. The molecule has 14 heavy (non-hydrogen) atoms. The minimum Gasteiger partial charge on any atom is -0.469 e. The van der Waals surface area contributed by atoms with E-state index in [4.69, 9.17) is 10.5 Å². The lowest BCUT2D eigenvalue weighted by molar-refractivity contribution is -0.152. The lowest BCUT2D eigenvalue weighted by atomic mass is 9.62. The summed E-state index contributed by atoms with van der Waals surface area (Å²) in [5.41, 5.74) is 6.04. The maximum Gasteiger partial charge on any atom is 0.310 e. The van der Waals surface area contributed by atoms with Gasteiger partial charge in [-0.2, -0.15) is 0 Å². The van der Waals surface area contributed by atoms with Gasteiger partial charge in [0.1, 0.15) is 0 Å². The smallest absolute Gasteiger partial charge is 0.310 e. The molecule has 0 spiro atoms. The molecular weight excluding hydrogens is 202 g/mol. The van der Waals surface area contributed by atoms with Crippen LogP contribution in [0.1, 0.15) is 25.7 Å². The van der Waals surface area contributed by atoms with E-state index in [9.17, 15) is 4.79 Å². The third-order valence-corrected chi connectivity index (χ3v) is 3.76. The van der Waals surface area contributed by atoms with Gasteiger partial charge in [0.2, 0.25) is 0 Å². The number of methoxy groups -OCH3 is 1. The zero-order valence-electron chi connectivity index (χ0n) is 8.44. The highest BCUT2D eigenvalue weighted by Crippen LogP contribution is 2.44. The number of hydrogen-bond donors (Lipinski definition) is 1. The fraction of sp³-hybridized carbons (Fsp3) is 0.900. The molecule has 0 saturated heterocycles. The number of nitrogens with two attached hydrogens (primary N) is 1. The van der Waals surface area contributed by atoms with Crippen LogP contribution in [-0.2, 0) is 9.53 Å². The summed E-state index contributed by atoms with van der Waals surface area (Å²) < 4.78 is 4.79. The van der Waals surface area contributed by atoms with Crippen molar-refractivity contribution in [3.8, 4) is 0 Å². The van der Waals surface area contributed by atoms with Gasteiger partial charge in [-0.25, -0.2) is 0 Å². The second-order valence-corrected chi connectivity index (χ2v) is 4.30. The zero-order valence-corrected chi connectivity index (χ0v) is 9.26. The highest BCUT2D eigenvalue weighted by molar-refractivity contribution is 5.85. The van der Waals surface area contributed by atoms with Gasteiger partial charge in [-0.3, -0.25) is 4.79 Å². The third kappa shape index (κ3) is 1.75. The number of rotatable bonds is 1. The van der Waals surface area contributed by atoms with Crippen LogP contribution in [0.25, 0.3) is 0 Å². The van der Waals surface area contributed by atoms with Crippen LogP contribution in [0.15, 0.2) is 0 Å². The fourth-order valence-electron chi connectivity index (χ4n) is 2.98. The average molecular weight is 220 g/mol. The maximum absolute atomic E-state index is 11.5. The van der Waals surface area contributed by atoms with E-state index in [1.807, 2.05) is 0 Å². The molecule has 0 aromatic carbocycles. The highest BCUT2D eigenvalue weighted by Gasteiger charge is 2.45. The van der Waals surface area contributed by atoms with Crippen LogP contribution in [0.4, 0.5) is 0 Å². The monoisotopic (exact) mass is 219 g/mol. The van der Waals surface area contributed by atoms with Crippen molar-refractivity contribution >= 4 is 18.4 Å². The van der Waals surface area contributed by atoms with Gasteiger partial charge < -0.3 is 10.5 Å². The number of ether oxygens (including phenoxy) is 1. The molecule has 0 radical (unpaired) electrons. The summed E-state index contributed by atoms with van der Waals surface area (Å²) in [7, 11) is 1.46. The van der Waals surface area contributed by atoms with Crippen molar-refractivity contribution in [3.05, 3.63) is 0 Å². The SMILES string of the molecule is COC(=O)[C@H]1C2CCC(CC2)[C@@H]1N.Cl. The molecular formula is C10H18ClNO2. The minimum atomic E-state index is -0.0955. The second-order valence-electron chi connectivity index (χ2n) is 4.30. The Morgan fingerprint density at radius 1 is 1.21 bits per heavy atom. The van der Waals surface area contributed by atoms with E-state index in [0.29, 0.717) is 11.8 Å². The topological polar surface area (TPSA) is 52.3 Å². The van der Waals surface area contributed by atoms with E-state index in [1.54, 1.807) is 0 Å². The summed E-state index contributed by atoms with van der Waals surface area (Å²) in [6, 6.07) is 0.0555. The lowest BCUT2D eigenvalue weighted by Crippen LogP contribution is -2.52. The Bertz CT molecular complexity index is 212. The van der Waals surface area contributed by atoms with Gasteiger partial charge in [-0.05, 0) is 37.5 Å². The summed E-state index contributed by atoms with van der Waals surface area (Å²) >= 11 is 0. The van der Waals surface area contributed by atoms with Crippen molar-refractivity contribution in [2.45, 2.75) is 31.7 Å². The van der Waals surface area contributed by atoms with Crippen LogP contribution in [0.2, 0.25) is 0 Å². The van der Waals surface area contributed by atoms with E-state index >= 15 is 0 Å². The van der Waals surface area contributed by atoms with E-state index in [2.05, 4.69) is 0 Å². The van der Waals surface area contributed by atoms with Gasteiger partial charge in [-0.1, -0.05) is 0 Å². The molecule has 0 amide bonds. The van der Waals surface area contributed by atoms with Crippen LogP contribution in [0.3, 0.4) is 0 Å². The zero-order chi connectivity index (χ0) is 9.42. The van der Waals surface area contributed by atoms with Gasteiger partial charge in [0.15, 0.2) is 0 Å². The Kier molecular flexibility index (Phi) is 3.78. The molecule has 3 saturated carbocycles. The van der Waals surface area contributed by atoms with Crippen molar-refractivity contribution in [1.82, 2.24) is 0 Å². The Balaban J connectivity index is 0.000000980. The Labute approximate surface area is 90.8 Å². The Morgan fingerprint density at radius 2 is 1.71 bits per heavy atom. The van der Waals surface area contributed by atoms with Crippen molar-refractivity contribution < 1.29 is 9.53 Å². The first-order valence-corrected chi connectivity index (χ1v) is 5.07. The number of fused-ring (bicyclic) bond motifs is 3. The Morgan fingerprint density at radius 3 is 2.14 bits per heavy atom. The van der Waals surface area contributed by atoms with Crippen molar-refractivity contribution in [2.24, 2.45) is 23.5 Å². The largest absolute Gasteiger partial charge is 0.469 e. The number of carbonyl (C=O) groups is 1. The number of halogens is 1. The summed E-state index contributed by atoms with van der Waals surface area (Å²) in [4.78, 5) is 11.5. The molecule has 0 aromatic heterocycles. The van der Waals surface area contributed by atoms with Gasteiger partial charge in [0.05, 0.1) is 13.0 Å². The number of carbonyl (C=O) groups excluding carboxylic acids is 1. The molecule has 3 nitrogen and oxygen atoms in total. The molecule has 0 aliphatic heterocycles. The summed E-state index contributed by atoms with van der Waals surface area (Å²) in [6.45, 7) is 0. The predicted octanol–water partition coefficient (Wildman–Crippen LogP) is 1.34. The highest BCUT2D eigenvalue weighted by atomic mass is 35.5. The molecule has 3 fully saturated rings. The molecule has 2 bridgehead atoms. The van der Waals surface area contributed by atoms with Crippen LogP contribution >= 0.6 is 12.4 Å². The van der Waals surface area contributed by atoms with Crippen LogP contribution in [0.5, 0.6) is 0 Å². The van der Waals surface area contributed by atoms with Gasteiger partial charge in [0.25, 0.3) is 0 Å². The maximum atomic E-state index is 11.5. The fourth-order valence-corrected chi connectivity index (χ4v) is 2.98. The molecule has 3 rings (SSSR count). The molecule has 0 heterocycles. The predicted molar refractivity (Wildman–Crippen MR) is 56.2 cm³/mol. The molecule has 2 N–H and O–H groups in total. The molecule has 3 aliphatic carbocycles. The van der Waals surface area contributed by atoms with Crippen LogP contribution in [0, 0.1) is 17.8 Å². The first kappa shape index (κ1) is 11.8. The average Bonchev–Trinajstić information content (AvgIpc) is 2.18. The lowest BCUT2D eigenvalue weighted by Gasteiger charge is -2.45. The van der Waals surface area contributed by atoms with Crippen LogP contribution in [-0.4, -0.2) is 19.1 Å². The van der Waals surface area contributed by atoms with Crippen molar-refractivity contribution in [2.75, 3.05) is 7.11 Å².